The third kappa shape index (κ3) is 4.94. The van der Waals surface area contributed by atoms with Gasteiger partial charge in [-0.05, 0) is 31.9 Å². The van der Waals surface area contributed by atoms with Gasteiger partial charge >= 0.3 is 0 Å². The molecule has 0 aliphatic heterocycles. The molecule has 7 nitrogen and oxygen atoms in total. The molecule has 3 rings (SSSR count). The molecule has 1 aliphatic rings. The predicted molar refractivity (Wildman–Crippen MR) is 104 cm³/mol. The van der Waals surface area contributed by atoms with E-state index in [0.717, 1.165) is 12.8 Å². The molecule has 1 aliphatic carbocycles. The Kier molecular flexibility index (Phi) is 6.60. The lowest BCUT2D eigenvalue weighted by molar-refractivity contribution is -0.115. The van der Waals surface area contributed by atoms with E-state index >= 15 is 0 Å². The molecule has 8 heteroatoms. The minimum atomic E-state index is -0.402. The number of anilines is 1. The van der Waals surface area contributed by atoms with Crippen LogP contribution in [0.2, 0.25) is 0 Å². The minimum absolute atomic E-state index is 0.177. The number of nitrogens with one attached hydrogen (secondary N) is 1. The fourth-order valence-electron chi connectivity index (χ4n) is 3.13. The van der Waals surface area contributed by atoms with E-state index in [0.29, 0.717) is 34.2 Å². The van der Waals surface area contributed by atoms with E-state index < -0.39 is 5.25 Å². The Balaban J connectivity index is 1.62. The number of ether oxygens (including phenoxy) is 2. The highest BCUT2D eigenvalue weighted by atomic mass is 32.2. The molecule has 1 atom stereocenters. The number of thioether (sulfide) groups is 1. The molecule has 1 unspecified atom stereocenters. The Labute approximate surface area is 163 Å². The average Bonchev–Trinajstić information content (AvgIpc) is 3.17. The summed E-state index contributed by atoms with van der Waals surface area (Å²) in [6.45, 7) is 1.80. The maximum absolute atomic E-state index is 12.6. The Morgan fingerprint density at radius 2 is 2.00 bits per heavy atom. The van der Waals surface area contributed by atoms with E-state index in [2.05, 4.69) is 15.5 Å². The SMILES string of the molecule is COc1ccc(OC)c(NC(=O)C(C)Sc2nnc(C3CCCCC3)o2)c1. The maximum atomic E-state index is 12.6. The lowest BCUT2D eigenvalue weighted by atomic mass is 9.89. The lowest BCUT2D eigenvalue weighted by Crippen LogP contribution is -2.22. The van der Waals surface area contributed by atoms with E-state index in [-0.39, 0.29) is 5.91 Å². The van der Waals surface area contributed by atoms with Crippen LogP contribution in [0.15, 0.2) is 27.8 Å². The largest absolute Gasteiger partial charge is 0.497 e. The fourth-order valence-corrected chi connectivity index (χ4v) is 3.82. The van der Waals surface area contributed by atoms with E-state index in [1.807, 2.05) is 0 Å². The van der Waals surface area contributed by atoms with E-state index in [9.17, 15) is 4.79 Å². The van der Waals surface area contributed by atoms with E-state index in [4.69, 9.17) is 13.9 Å². The molecule has 1 aromatic carbocycles. The lowest BCUT2D eigenvalue weighted by Gasteiger charge is -2.17. The van der Waals surface area contributed by atoms with Gasteiger partial charge in [0.25, 0.3) is 5.22 Å². The number of carbonyl (C=O) groups excluding carboxylic acids is 1. The Hall–Kier alpha value is -2.22. The van der Waals surface area contributed by atoms with Crippen LogP contribution >= 0.6 is 11.8 Å². The highest BCUT2D eigenvalue weighted by molar-refractivity contribution is 8.00. The van der Waals surface area contributed by atoms with Gasteiger partial charge in [0, 0.05) is 12.0 Å². The third-order valence-corrected chi connectivity index (χ3v) is 5.62. The van der Waals surface area contributed by atoms with Gasteiger partial charge in [0.15, 0.2) is 0 Å². The number of aromatic nitrogens is 2. The first-order chi connectivity index (χ1) is 13.1. The molecule has 27 heavy (non-hydrogen) atoms. The first kappa shape index (κ1) is 19.5. The maximum Gasteiger partial charge on any atom is 0.277 e. The van der Waals surface area contributed by atoms with Crippen molar-refractivity contribution in [1.29, 1.82) is 0 Å². The highest BCUT2D eigenvalue weighted by Crippen LogP contribution is 2.34. The van der Waals surface area contributed by atoms with Gasteiger partial charge in [-0.3, -0.25) is 4.79 Å². The molecular weight excluding hydrogens is 366 g/mol. The predicted octanol–water partition coefficient (Wildman–Crippen LogP) is 4.25. The Morgan fingerprint density at radius 1 is 1.22 bits per heavy atom. The second-order valence-electron chi connectivity index (χ2n) is 6.56. The van der Waals surface area contributed by atoms with Gasteiger partial charge in [-0.1, -0.05) is 31.0 Å². The van der Waals surface area contributed by atoms with Gasteiger partial charge in [-0.2, -0.15) is 0 Å². The molecule has 1 aromatic heterocycles. The number of hydrogen-bond donors (Lipinski definition) is 1. The van der Waals surface area contributed by atoms with Gasteiger partial charge < -0.3 is 19.2 Å². The molecule has 2 aromatic rings. The van der Waals surface area contributed by atoms with Crippen molar-refractivity contribution in [2.24, 2.45) is 0 Å². The van der Waals surface area contributed by atoms with E-state index in [1.54, 1.807) is 39.3 Å². The van der Waals surface area contributed by atoms with Crippen molar-refractivity contribution in [3.8, 4) is 11.5 Å². The number of benzene rings is 1. The van der Waals surface area contributed by atoms with Crippen LogP contribution in [-0.2, 0) is 4.79 Å². The summed E-state index contributed by atoms with van der Waals surface area (Å²) >= 11 is 1.25. The molecule has 1 heterocycles. The molecule has 0 radical (unpaired) electrons. The van der Waals surface area contributed by atoms with Crippen LogP contribution in [0.5, 0.6) is 11.5 Å². The first-order valence-corrected chi connectivity index (χ1v) is 10.0. The van der Waals surface area contributed by atoms with Crippen LogP contribution in [0, 0.1) is 0 Å². The van der Waals surface area contributed by atoms with Crippen LogP contribution in [-0.4, -0.2) is 35.6 Å². The fraction of sp³-hybridized carbons (Fsp3) is 0.526. The molecule has 0 bridgehead atoms. The number of nitrogens with zero attached hydrogens (tertiary/aromatic N) is 2. The first-order valence-electron chi connectivity index (χ1n) is 9.13. The molecule has 146 valence electrons. The number of methoxy groups -OCH3 is 2. The number of carbonyl (C=O) groups is 1. The third-order valence-electron chi connectivity index (χ3n) is 4.69. The molecular formula is C19H25N3O4S. The minimum Gasteiger partial charge on any atom is -0.497 e. The summed E-state index contributed by atoms with van der Waals surface area (Å²) in [4.78, 5) is 12.6. The Bertz CT molecular complexity index is 774. The van der Waals surface area contributed by atoms with Crippen LogP contribution in [0.3, 0.4) is 0 Å². The van der Waals surface area contributed by atoms with Crippen LogP contribution in [0.25, 0.3) is 0 Å². The zero-order valence-electron chi connectivity index (χ0n) is 15.9. The summed E-state index contributed by atoms with van der Waals surface area (Å²) in [6, 6.07) is 5.25. The summed E-state index contributed by atoms with van der Waals surface area (Å²) in [5.41, 5.74) is 0.558. The van der Waals surface area contributed by atoms with Crippen LogP contribution in [0.4, 0.5) is 5.69 Å². The molecule has 1 fully saturated rings. The molecule has 1 amide bonds. The average molecular weight is 391 g/mol. The quantitative estimate of drug-likeness (QED) is 0.706. The van der Waals surface area contributed by atoms with Gasteiger partial charge in [-0.15, -0.1) is 10.2 Å². The van der Waals surface area contributed by atoms with Gasteiger partial charge in [0.05, 0.1) is 25.2 Å². The number of amides is 1. The smallest absolute Gasteiger partial charge is 0.277 e. The second-order valence-corrected chi connectivity index (χ2v) is 7.85. The van der Waals surface area contributed by atoms with Crippen molar-refractivity contribution >= 4 is 23.4 Å². The highest BCUT2D eigenvalue weighted by Gasteiger charge is 2.24. The molecule has 1 N–H and O–H groups in total. The summed E-state index contributed by atoms with van der Waals surface area (Å²) < 4.78 is 16.3. The van der Waals surface area contributed by atoms with Crippen molar-refractivity contribution in [1.82, 2.24) is 10.2 Å². The summed E-state index contributed by atoms with van der Waals surface area (Å²) in [7, 11) is 3.13. The van der Waals surface area contributed by atoms with Crippen LogP contribution in [0.1, 0.15) is 50.8 Å². The molecule has 0 saturated heterocycles. The van der Waals surface area contributed by atoms with Crippen molar-refractivity contribution in [3.63, 3.8) is 0 Å². The van der Waals surface area contributed by atoms with Gasteiger partial charge in [0.1, 0.15) is 11.5 Å². The topological polar surface area (TPSA) is 86.5 Å². The number of rotatable bonds is 7. The van der Waals surface area contributed by atoms with Gasteiger partial charge in [0.2, 0.25) is 11.8 Å². The summed E-state index contributed by atoms with van der Waals surface area (Å²) in [5, 5.41) is 11.2. The second kappa shape index (κ2) is 9.12. The number of hydrogen-bond acceptors (Lipinski definition) is 7. The zero-order valence-corrected chi connectivity index (χ0v) is 16.7. The zero-order chi connectivity index (χ0) is 19.2. The van der Waals surface area contributed by atoms with Crippen molar-refractivity contribution in [3.05, 3.63) is 24.1 Å². The monoisotopic (exact) mass is 391 g/mol. The molecule has 0 spiro atoms. The van der Waals surface area contributed by atoms with Crippen molar-refractivity contribution in [2.45, 2.75) is 55.4 Å². The standard InChI is InChI=1S/C19H25N3O4S/c1-12(17(23)20-15-11-14(24-2)9-10-16(15)25-3)27-19-22-21-18(26-19)13-7-5-4-6-8-13/h9-13H,4-8H2,1-3H3,(H,20,23). The molecule has 1 saturated carbocycles. The Morgan fingerprint density at radius 3 is 2.70 bits per heavy atom. The van der Waals surface area contributed by atoms with Crippen LogP contribution < -0.4 is 14.8 Å². The normalized spacial score (nSPS) is 16.0. The van der Waals surface area contributed by atoms with E-state index in [1.165, 1.54) is 31.0 Å². The van der Waals surface area contributed by atoms with Crippen molar-refractivity contribution in [2.75, 3.05) is 19.5 Å². The van der Waals surface area contributed by atoms with Gasteiger partial charge in [-0.25, -0.2) is 0 Å². The van der Waals surface area contributed by atoms with Crippen molar-refractivity contribution < 1.29 is 18.7 Å². The summed E-state index contributed by atoms with van der Waals surface area (Å²) in [5.74, 6) is 2.08. The summed E-state index contributed by atoms with van der Waals surface area (Å²) in [6.07, 6.45) is 5.88.